The van der Waals surface area contributed by atoms with Crippen LogP contribution >= 0.6 is 35.4 Å². The van der Waals surface area contributed by atoms with Crippen molar-refractivity contribution in [1.82, 2.24) is 14.9 Å². The van der Waals surface area contributed by atoms with Crippen molar-refractivity contribution >= 4 is 41.6 Å². The van der Waals surface area contributed by atoms with Gasteiger partial charge in [-0.2, -0.15) is 14.9 Å². The molecule has 0 atom stereocenters. The number of rotatable bonds is 6. The zero-order chi connectivity index (χ0) is 20.3. The van der Waals surface area contributed by atoms with E-state index in [-0.39, 0.29) is 0 Å². The van der Waals surface area contributed by atoms with Gasteiger partial charge in [0, 0.05) is 16.1 Å². The molecule has 0 saturated heterocycles. The van der Waals surface area contributed by atoms with Crippen LogP contribution in [0.5, 0.6) is 17.2 Å². The molecule has 0 aliphatic carbocycles. The molecular weight excluding hydrogens is 423 g/mol. The minimum atomic E-state index is 0.310. The Bertz CT molecular complexity index is 1070. The quantitative estimate of drug-likeness (QED) is 0.440. The summed E-state index contributed by atoms with van der Waals surface area (Å²) >= 11 is 17.5. The molecule has 1 heterocycles. The first-order valence-electron chi connectivity index (χ1n) is 7.95. The summed E-state index contributed by atoms with van der Waals surface area (Å²) in [5, 5.41) is 12.3. The van der Waals surface area contributed by atoms with E-state index in [1.165, 1.54) is 4.68 Å². The molecular formula is C18H16Cl2N4O3S. The fraction of sp³-hybridized carbons (Fsp3) is 0.167. The first-order valence-corrected chi connectivity index (χ1v) is 9.12. The summed E-state index contributed by atoms with van der Waals surface area (Å²) in [5.41, 5.74) is 1.35. The van der Waals surface area contributed by atoms with Crippen molar-refractivity contribution in [2.45, 2.75) is 0 Å². The largest absolute Gasteiger partial charge is 0.493 e. The van der Waals surface area contributed by atoms with Crippen LogP contribution in [0, 0.1) is 4.77 Å². The highest BCUT2D eigenvalue weighted by Gasteiger charge is 2.14. The molecule has 2 aromatic carbocycles. The van der Waals surface area contributed by atoms with Gasteiger partial charge in [-0.3, -0.25) is 0 Å². The number of methoxy groups -OCH3 is 3. The molecule has 3 aromatic rings. The van der Waals surface area contributed by atoms with Crippen molar-refractivity contribution in [2.24, 2.45) is 5.10 Å². The number of aromatic nitrogens is 3. The van der Waals surface area contributed by atoms with Gasteiger partial charge in [-0.1, -0.05) is 23.2 Å². The van der Waals surface area contributed by atoms with Gasteiger partial charge in [0.15, 0.2) is 17.3 Å². The van der Waals surface area contributed by atoms with Crippen LogP contribution in [0.2, 0.25) is 10.0 Å². The van der Waals surface area contributed by atoms with Crippen molar-refractivity contribution < 1.29 is 14.2 Å². The Morgan fingerprint density at radius 2 is 1.75 bits per heavy atom. The van der Waals surface area contributed by atoms with Crippen LogP contribution in [0.4, 0.5) is 0 Å². The van der Waals surface area contributed by atoms with E-state index >= 15 is 0 Å². The number of hydrogen-bond donors (Lipinski definition) is 1. The van der Waals surface area contributed by atoms with Gasteiger partial charge >= 0.3 is 0 Å². The maximum absolute atomic E-state index is 6.29. The minimum Gasteiger partial charge on any atom is -0.493 e. The molecule has 0 aliphatic heterocycles. The Balaban J connectivity index is 2.05. The number of H-pyrrole nitrogens is 1. The average molecular weight is 439 g/mol. The van der Waals surface area contributed by atoms with E-state index in [0.29, 0.717) is 49.0 Å². The third kappa shape index (κ3) is 3.99. The zero-order valence-corrected chi connectivity index (χ0v) is 17.5. The normalized spacial score (nSPS) is 11.0. The number of hydrogen-bond acceptors (Lipinski definition) is 6. The number of aromatic amines is 1. The Morgan fingerprint density at radius 3 is 2.32 bits per heavy atom. The monoisotopic (exact) mass is 438 g/mol. The number of halogens is 2. The average Bonchev–Trinajstić information content (AvgIpc) is 3.05. The molecule has 0 bridgehead atoms. The molecule has 0 unspecified atom stereocenters. The van der Waals surface area contributed by atoms with Crippen molar-refractivity contribution in [3.8, 4) is 28.6 Å². The van der Waals surface area contributed by atoms with Gasteiger partial charge in [-0.15, -0.1) is 0 Å². The summed E-state index contributed by atoms with van der Waals surface area (Å²) in [5.74, 6) is 1.98. The Labute approximate surface area is 176 Å². The van der Waals surface area contributed by atoms with Crippen LogP contribution in [0.15, 0.2) is 35.4 Å². The second kappa shape index (κ2) is 8.64. The predicted octanol–water partition coefficient (Wildman–Crippen LogP) is 4.82. The van der Waals surface area contributed by atoms with E-state index in [4.69, 9.17) is 49.6 Å². The molecule has 0 aliphatic rings. The standard InChI is InChI=1S/C18H16Cl2N4O3S/c1-25-14-6-10(7-15(26-2)16(14)27-3)9-21-24-17(22-23-18(24)28)12-5-4-11(19)8-13(12)20/h4-9H,1-3H3,(H,23,28). The Kier molecular flexibility index (Phi) is 6.23. The molecule has 10 heteroatoms. The molecule has 1 N–H and O–H groups in total. The van der Waals surface area contributed by atoms with Gasteiger partial charge in [0.25, 0.3) is 0 Å². The van der Waals surface area contributed by atoms with Crippen LogP contribution in [-0.2, 0) is 0 Å². The van der Waals surface area contributed by atoms with Gasteiger partial charge < -0.3 is 14.2 Å². The first-order chi connectivity index (χ1) is 13.5. The minimum absolute atomic E-state index is 0.310. The topological polar surface area (TPSA) is 73.7 Å². The third-order valence-electron chi connectivity index (χ3n) is 3.83. The molecule has 0 spiro atoms. The summed E-state index contributed by atoms with van der Waals surface area (Å²) < 4.78 is 17.8. The van der Waals surface area contributed by atoms with Crippen LogP contribution in [0.1, 0.15) is 5.56 Å². The highest BCUT2D eigenvalue weighted by molar-refractivity contribution is 7.71. The SMILES string of the molecule is COc1cc(C=Nn2c(-c3ccc(Cl)cc3Cl)n[nH]c2=S)cc(OC)c1OC. The van der Waals surface area contributed by atoms with E-state index in [0.717, 1.165) is 0 Å². The van der Waals surface area contributed by atoms with E-state index < -0.39 is 0 Å². The fourth-order valence-electron chi connectivity index (χ4n) is 2.54. The number of benzene rings is 2. The molecule has 0 fully saturated rings. The van der Waals surface area contributed by atoms with Gasteiger partial charge in [-0.05, 0) is 42.5 Å². The predicted molar refractivity (Wildman–Crippen MR) is 112 cm³/mol. The van der Waals surface area contributed by atoms with Crippen LogP contribution in [0.25, 0.3) is 11.4 Å². The lowest BCUT2D eigenvalue weighted by atomic mass is 10.2. The van der Waals surface area contributed by atoms with Gasteiger partial charge in [0.2, 0.25) is 10.5 Å². The number of nitrogens with one attached hydrogen (secondary N) is 1. The third-order valence-corrected chi connectivity index (χ3v) is 4.64. The van der Waals surface area contributed by atoms with Gasteiger partial charge in [-0.25, -0.2) is 5.10 Å². The highest BCUT2D eigenvalue weighted by atomic mass is 35.5. The van der Waals surface area contributed by atoms with Gasteiger partial charge in [0.05, 0.1) is 32.6 Å². The maximum atomic E-state index is 6.29. The molecule has 0 saturated carbocycles. The van der Waals surface area contributed by atoms with Crippen molar-refractivity contribution in [3.05, 3.63) is 50.7 Å². The van der Waals surface area contributed by atoms with E-state index in [1.54, 1.807) is 57.9 Å². The second-order valence-corrected chi connectivity index (χ2v) is 6.72. The summed E-state index contributed by atoms with van der Waals surface area (Å²) in [4.78, 5) is 0. The molecule has 7 nitrogen and oxygen atoms in total. The van der Waals surface area contributed by atoms with Crippen LogP contribution in [0.3, 0.4) is 0 Å². The lowest BCUT2D eigenvalue weighted by Crippen LogP contribution is -1.98. The highest BCUT2D eigenvalue weighted by Crippen LogP contribution is 2.37. The lowest BCUT2D eigenvalue weighted by molar-refractivity contribution is 0.324. The van der Waals surface area contributed by atoms with Crippen LogP contribution in [-0.4, -0.2) is 42.4 Å². The van der Waals surface area contributed by atoms with Crippen molar-refractivity contribution in [3.63, 3.8) is 0 Å². The molecule has 3 rings (SSSR count). The summed E-state index contributed by atoms with van der Waals surface area (Å²) in [6.07, 6.45) is 1.60. The van der Waals surface area contributed by atoms with E-state index in [9.17, 15) is 0 Å². The molecule has 146 valence electrons. The molecule has 28 heavy (non-hydrogen) atoms. The molecule has 0 amide bonds. The maximum Gasteiger partial charge on any atom is 0.216 e. The first kappa shape index (κ1) is 20.2. The van der Waals surface area contributed by atoms with Crippen LogP contribution < -0.4 is 14.2 Å². The van der Waals surface area contributed by atoms with Crippen molar-refractivity contribution in [2.75, 3.05) is 21.3 Å². The fourth-order valence-corrected chi connectivity index (χ4v) is 3.22. The smallest absolute Gasteiger partial charge is 0.216 e. The molecule has 1 aromatic heterocycles. The Hall–Kier alpha value is -2.55. The summed E-state index contributed by atoms with van der Waals surface area (Å²) in [6.45, 7) is 0. The summed E-state index contributed by atoms with van der Waals surface area (Å²) in [6, 6.07) is 8.63. The summed E-state index contributed by atoms with van der Waals surface area (Å²) in [7, 11) is 4.64. The second-order valence-electron chi connectivity index (χ2n) is 5.49. The number of nitrogens with zero attached hydrogens (tertiary/aromatic N) is 3. The van der Waals surface area contributed by atoms with E-state index in [1.807, 2.05) is 0 Å². The molecule has 0 radical (unpaired) electrons. The van der Waals surface area contributed by atoms with Gasteiger partial charge in [0.1, 0.15) is 0 Å². The lowest BCUT2D eigenvalue weighted by Gasteiger charge is -2.12. The number of ether oxygens (including phenoxy) is 3. The zero-order valence-electron chi connectivity index (χ0n) is 15.2. The van der Waals surface area contributed by atoms with E-state index in [2.05, 4.69) is 15.3 Å². The van der Waals surface area contributed by atoms with Crippen molar-refractivity contribution in [1.29, 1.82) is 0 Å². The Morgan fingerprint density at radius 1 is 1.07 bits per heavy atom.